The largest absolute Gasteiger partial charge is 0.494 e. The molecule has 0 unspecified atom stereocenters. The number of carbonyl (C=O) groups is 2. The summed E-state index contributed by atoms with van der Waals surface area (Å²) >= 11 is 1.49. The first-order valence-electron chi connectivity index (χ1n) is 9.01. The second-order valence-corrected chi connectivity index (χ2v) is 7.18. The Balaban J connectivity index is 1.50. The molecular formula is C21H19N3O3S. The van der Waals surface area contributed by atoms with Crippen LogP contribution < -0.4 is 15.0 Å². The number of carbonyl (C=O) groups excluding carboxylic acids is 2. The topological polar surface area (TPSA) is 71.5 Å². The van der Waals surface area contributed by atoms with Gasteiger partial charge in [-0.05, 0) is 43.3 Å². The molecule has 0 atom stereocenters. The summed E-state index contributed by atoms with van der Waals surface area (Å²) in [6.45, 7) is 2.59. The normalized spacial score (nSPS) is 13.0. The van der Waals surface area contributed by atoms with Crippen molar-refractivity contribution in [2.45, 2.75) is 13.3 Å². The first-order chi connectivity index (χ1) is 13.6. The maximum absolute atomic E-state index is 12.8. The Kier molecular flexibility index (Phi) is 5.08. The van der Waals surface area contributed by atoms with Crippen molar-refractivity contribution >= 4 is 34.5 Å². The van der Waals surface area contributed by atoms with Crippen LogP contribution in [0, 0.1) is 0 Å². The van der Waals surface area contributed by atoms with Crippen molar-refractivity contribution in [3.8, 4) is 16.3 Å². The van der Waals surface area contributed by atoms with Crippen LogP contribution in [0.4, 0.5) is 11.4 Å². The summed E-state index contributed by atoms with van der Waals surface area (Å²) in [6, 6.07) is 15.0. The average Bonchev–Trinajstić information content (AvgIpc) is 3.16. The van der Waals surface area contributed by atoms with E-state index in [1.165, 1.54) is 16.2 Å². The molecule has 0 aliphatic carbocycles. The van der Waals surface area contributed by atoms with Gasteiger partial charge in [0.05, 0.1) is 30.1 Å². The Morgan fingerprint density at radius 3 is 2.79 bits per heavy atom. The molecule has 0 bridgehead atoms. The zero-order valence-electron chi connectivity index (χ0n) is 15.3. The summed E-state index contributed by atoms with van der Waals surface area (Å²) in [7, 11) is 0. The molecule has 28 heavy (non-hydrogen) atoms. The number of thiazole rings is 1. The SMILES string of the molecule is CCOc1ccc(-c2nc(CC(=O)N3CC(=O)Nc4ccccc43)cs2)cc1. The van der Waals surface area contributed by atoms with Gasteiger partial charge in [0.1, 0.15) is 17.3 Å². The van der Waals surface area contributed by atoms with Crippen LogP contribution in [0.1, 0.15) is 12.6 Å². The molecule has 0 saturated heterocycles. The number of fused-ring (bicyclic) bond motifs is 1. The lowest BCUT2D eigenvalue weighted by atomic mass is 10.1. The van der Waals surface area contributed by atoms with Gasteiger partial charge in [0.25, 0.3) is 0 Å². The molecule has 0 saturated carbocycles. The Labute approximate surface area is 166 Å². The molecule has 0 radical (unpaired) electrons. The number of ether oxygens (including phenoxy) is 1. The molecule has 4 rings (SSSR count). The standard InChI is InChI=1S/C21H19N3O3S/c1-2-27-16-9-7-14(8-10-16)21-22-15(13-28-21)11-20(26)24-12-19(25)23-17-5-3-4-6-18(17)24/h3-10,13H,2,11-12H2,1H3,(H,23,25). The van der Waals surface area contributed by atoms with Gasteiger partial charge in [-0.1, -0.05) is 12.1 Å². The van der Waals surface area contributed by atoms with Crippen LogP contribution in [0.25, 0.3) is 10.6 Å². The molecule has 2 aromatic carbocycles. The Hall–Kier alpha value is -3.19. The highest BCUT2D eigenvalue weighted by Gasteiger charge is 2.27. The zero-order valence-corrected chi connectivity index (χ0v) is 16.2. The molecular weight excluding hydrogens is 374 g/mol. The van der Waals surface area contributed by atoms with E-state index in [0.717, 1.165) is 16.3 Å². The number of anilines is 2. The van der Waals surface area contributed by atoms with E-state index in [0.29, 0.717) is 23.7 Å². The summed E-state index contributed by atoms with van der Waals surface area (Å²) < 4.78 is 5.46. The molecule has 7 heteroatoms. The molecule has 6 nitrogen and oxygen atoms in total. The summed E-state index contributed by atoms with van der Waals surface area (Å²) in [5.41, 5.74) is 3.05. The van der Waals surface area contributed by atoms with Crippen molar-refractivity contribution < 1.29 is 14.3 Å². The molecule has 0 fully saturated rings. The highest BCUT2D eigenvalue weighted by Crippen LogP contribution is 2.30. The lowest BCUT2D eigenvalue weighted by molar-refractivity contribution is -0.121. The van der Waals surface area contributed by atoms with E-state index in [-0.39, 0.29) is 24.8 Å². The van der Waals surface area contributed by atoms with Gasteiger partial charge in [-0.15, -0.1) is 11.3 Å². The lowest BCUT2D eigenvalue weighted by Gasteiger charge is -2.29. The van der Waals surface area contributed by atoms with E-state index < -0.39 is 0 Å². The molecule has 1 N–H and O–H groups in total. The number of benzene rings is 2. The molecule has 142 valence electrons. The van der Waals surface area contributed by atoms with Gasteiger partial charge >= 0.3 is 0 Å². The number of amides is 2. The fraction of sp³-hybridized carbons (Fsp3) is 0.190. The maximum atomic E-state index is 12.8. The van der Waals surface area contributed by atoms with Crippen LogP contribution >= 0.6 is 11.3 Å². The van der Waals surface area contributed by atoms with Crippen molar-refractivity contribution in [3.63, 3.8) is 0 Å². The maximum Gasteiger partial charge on any atom is 0.244 e. The average molecular weight is 393 g/mol. The zero-order chi connectivity index (χ0) is 19.5. The number of hydrogen-bond donors (Lipinski definition) is 1. The summed E-state index contributed by atoms with van der Waals surface area (Å²) in [5.74, 6) is 0.478. The second kappa shape index (κ2) is 7.82. The number of nitrogens with one attached hydrogen (secondary N) is 1. The summed E-state index contributed by atoms with van der Waals surface area (Å²) in [5, 5.41) is 5.53. The molecule has 1 aliphatic heterocycles. The van der Waals surface area contributed by atoms with Gasteiger partial charge in [0.15, 0.2) is 0 Å². The van der Waals surface area contributed by atoms with Crippen LogP contribution in [0.15, 0.2) is 53.9 Å². The van der Waals surface area contributed by atoms with Gasteiger partial charge in [-0.25, -0.2) is 4.98 Å². The molecule has 2 heterocycles. The third kappa shape index (κ3) is 3.75. The molecule has 1 aromatic heterocycles. The van der Waals surface area contributed by atoms with Crippen LogP contribution in [-0.4, -0.2) is 29.9 Å². The van der Waals surface area contributed by atoms with Gasteiger partial charge in [-0.2, -0.15) is 0 Å². The minimum absolute atomic E-state index is 0.0196. The summed E-state index contributed by atoms with van der Waals surface area (Å²) in [6.07, 6.45) is 0.148. The van der Waals surface area contributed by atoms with Crippen LogP contribution in [0.5, 0.6) is 5.75 Å². The van der Waals surface area contributed by atoms with Crippen LogP contribution in [0.2, 0.25) is 0 Å². The Bertz CT molecular complexity index is 1010. The fourth-order valence-electron chi connectivity index (χ4n) is 3.09. The Morgan fingerprint density at radius 2 is 2.00 bits per heavy atom. The Morgan fingerprint density at radius 1 is 1.21 bits per heavy atom. The number of rotatable bonds is 5. The van der Waals surface area contributed by atoms with Crippen LogP contribution in [0.3, 0.4) is 0 Å². The second-order valence-electron chi connectivity index (χ2n) is 6.32. The van der Waals surface area contributed by atoms with E-state index >= 15 is 0 Å². The minimum atomic E-state index is -0.194. The number of para-hydroxylation sites is 2. The molecule has 3 aromatic rings. The predicted octanol–water partition coefficient (Wildman–Crippen LogP) is 3.74. The van der Waals surface area contributed by atoms with E-state index in [2.05, 4.69) is 10.3 Å². The minimum Gasteiger partial charge on any atom is -0.494 e. The quantitative estimate of drug-likeness (QED) is 0.717. The first kappa shape index (κ1) is 18.2. The van der Waals surface area contributed by atoms with Crippen molar-refractivity contribution in [1.29, 1.82) is 0 Å². The highest BCUT2D eigenvalue weighted by molar-refractivity contribution is 7.13. The highest BCUT2D eigenvalue weighted by atomic mass is 32.1. The van der Waals surface area contributed by atoms with Crippen molar-refractivity contribution in [3.05, 3.63) is 59.6 Å². The van der Waals surface area contributed by atoms with Gasteiger partial charge in [0, 0.05) is 10.9 Å². The predicted molar refractivity (Wildman–Crippen MR) is 110 cm³/mol. The smallest absolute Gasteiger partial charge is 0.244 e. The molecule has 0 spiro atoms. The van der Waals surface area contributed by atoms with Gasteiger partial charge in [0.2, 0.25) is 11.8 Å². The van der Waals surface area contributed by atoms with E-state index in [9.17, 15) is 9.59 Å². The van der Waals surface area contributed by atoms with E-state index in [1.54, 1.807) is 6.07 Å². The summed E-state index contributed by atoms with van der Waals surface area (Å²) in [4.78, 5) is 30.9. The van der Waals surface area contributed by atoms with Gasteiger partial charge in [-0.3, -0.25) is 9.59 Å². The molecule has 1 aliphatic rings. The van der Waals surface area contributed by atoms with Gasteiger partial charge < -0.3 is 15.0 Å². The number of aromatic nitrogens is 1. The van der Waals surface area contributed by atoms with Crippen molar-refractivity contribution in [1.82, 2.24) is 4.98 Å². The van der Waals surface area contributed by atoms with Crippen molar-refractivity contribution in [2.24, 2.45) is 0 Å². The third-order valence-corrected chi connectivity index (χ3v) is 5.31. The monoisotopic (exact) mass is 393 g/mol. The number of nitrogens with zero attached hydrogens (tertiary/aromatic N) is 2. The van der Waals surface area contributed by atoms with E-state index in [4.69, 9.17) is 4.74 Å². The third-order valence-electron chi connectivity index (χ3n) is 4.37. The van der Waals surface area contributed by atoms with Crippen molar-refractivity contribution in [2.75, 3.05) is 23.4 Å². The molecule has 2 amide bonds. The fourth-order valence-corrected chi connectivity index (χ4v) is 3.91. The number of hydrogen-bond acceptors (Lipinski definition) is 5. The lowest BCUT2D eigenvalue weighted by Crippen LogP contribution is -2.42. The first-order valence-corrected chi connectivity index (χ1v) is 9.89. The van der Waals surface area contributed by atoms with Crippen LogP contribution in [-0.2, 0) is 16.0 Å². The van der Waals surface area contributed by atoms with E-state index in [1.807, 2.05) is 54.8 Å².